The van der Waals surface area contributed by atoms with Gasteiger partial charge in [-0.05, 0) is 25.0 Å². The Hall–Kier alpha value is -2.58. The Morgan fingerprint density at radius 1 is 1.11 bits per heavy atom. The van der Waals surface area contributed by atoms with Gasteiger partial charge in [0.1, 0.15) is 0 Å². The molecule has 1 aliphatic heterocycles. The number of carbonyl (C=O) groups is 3. The van der Waals surface area contributed by atoms with Crippen molar-refractivity contribution in [2.24, 2.45) is 11.8 Å². The molecule has 1 aromatic carbocycles. The Labute approximate surface area is 155 Å². The number of likely N-dealkylation sites (tertiary alicyclic amines) is 1. The number of carbonyl (C=O) groups excluding carboxylic acids is 3. The second-order valence-electron chi connectivity index (χ2n) is 6.74. The van der Waals surface area contributed by atoms with E-state index < -0.39 is 35.6 Å². The van der Waals surface area contributed by atoms with Crippen molar-refractivity contribution in [2.45, 2.75) is 26.7 Å². The van der Waals surface area contributed by atoms with Crippen molar-refractivity contribution in [3.05, 3.63) is 29.6 Å². The van der Waals surface area contributed by atoms with Gasteiger partial charge < -0.3 is 15.5 Å². The SMILES string of the molecule is CC(C)C(=O)N1CCC(C(=O)NCC(=O)Nc2ccc(F)c(F)c2F)CC1. The molecule has 148 valence electrons. The molecule has 1 saturated heterocycles. The molecule has 2 rings (SSSR count). The fourth-order valence-electron chi connectivity index (χ4n) is 2.86. The molecule has 3 amide bonds. The van der Waals surface area contributed by atoms with Crippen LogP contribution in [0.5, 0.6) is 0 Å². The average Bonchev–Trinajstić information content (AvgIpc) is 2.66. The molecule has 0 atom stereocenters. The van der Waals surface area contributed by atoms with Crippen LogP contribution >= 0.6 is 0 Å². The third-order valence-electron chi connectivity index (χ3n) is 4.40. The second kappa shape index (κ2) is 8.88. The highest BCUT2D eigenvalue weighted by Crippen LogP contribution is 2.20. The number of anilines is 1. The van der Waals surface area contributed by atoms with Crippen LogP contribution in [0, 0.1) is 29.3 Å². The van der Waals surface area contributed by atoms with E-state index in [2.05, 4.69) is 10.6 Å². The summed E-state index contributed by atoms with van der Waals surface area (Å²) in [6.07, 6.45) is 0.980. The first-order valence-corrected chi connectivity index (χ1v) is 8.70. The van der Waals surface area contributed by atoms with Crippen LogP contribution in [0.3, 0.4) is 0 Å². The summed E-state index contributed by atoms with van der Waals surface area (Å²) in [5.74, 6) is -6.03. The van der Waals surface area contributed by atoms with Crippen molar-refractivity contribution >= 4 is 23.4 Å². The van der Waals surface area contributed by atoms with Crippen LogP contribution in [-0.2, 0) is 14.4 Å². The fraction of sp³-hybridized carbons (Fsp3) is 0.500. The molecule has 0 aliphatic carbocycles. The summed E-state index contributed by atoms with van der Waals surface area (Å²) in [4.78, 5) is 37.6. The minimum absolute atomic E-state index is 0.0433. The maximum absolute atomic E-state index is 13.5. The smallest absolute Gasteiger partial charge is 0.243 e. The van der Waals surface area contributed by atoms with Gasteiger partial charge in [0.15, 0.2) is 17.5 Å². The highest BCUT2D eigenvalue weighted by atomic mass is 19.2. The Morgan fingerprint density at radius 3 is 2.33 bits per heavy atom. The van der Waals surface area contributed by atoms with Crippen LogP contribution in [0.1, 0.15) is 26.7 Å². The van der Waals surface area contributed by atoms with E-state index >= 15 is 0 Å². The molecule has 0 aromatic heterocycles. The molecule has 0 radical (unpaired) electrons. The minimum Gasteiger partial charge on any atom is -0.347 e. The van der Waals surface area contributed by atoms with E-state index in [-0.39, 0.29) is 23.7 Å². The largest absolute Gasteiger partial charge is 0.347 e. The molecule has 0 saturated carbocycles. The quantitative estimate of drug-likeness (QED) is 0.762. The first-order chi connectivity index (χ1) is 12.7. The Kier molecular flexibility index (Phi) is 6.81. The maximum atomic E-state index is 13.5. The standard InChI is InChI=1S/C18H22F3N3O3/c1-10(2)18(27)24-7-5-11(6-8-24)17(26)22-9-14(25)23-13-4-3-12(19)15(20)16(13)21/h3-4,10-11H,5-9H2,1-2H3,(H,22,26)(H,23,25). The summed E-state index contributed by atoms with van der Waals surface area (Å²) in [6, 6.07) is 1.59. The highest BCUT2D eigenvalue weighted by molar-refractivity contribution is 5.95. The molecule has 9 heteroatoms. The zero-order chi connectivity index (χ0) is 20.1. The van der Waals surface area contributed by atoms with Crippen molar-refractivity contribution in [1.82, 2.24) is 10.2 Å². The van der Waals surface area contributed by atoms with Gasteiger partial charge in [0, 0.05) is 24.9 Å². The van der Waals surface area contributed by atoms with E-state index in [0.29, 0.717) is 32.0 Å². The number of amides is 3. The number of hydrogen-bond donors (Lipinski definition) is 2. The van der Waals surface area contributed by atoms with Crippen molar-refractivity contribution in [2.75, 3.05) is 25.0 Å². The molecule has 0 spiro atoms. The van der Waals surface area contributed by atoms with Crippen LogP contribution in [-0.4, -0.2) is 42.3 Å². The minimum atomic E-state index is -1.68. The highest BCUT2D eigenvalue weighted by Gasteiger charge is 2.28. The molecule has 0 unspecified atom stereocenters. The van der Waals surface area contributed by atoms with E-state index in [4.69, 9.17) is 0 Å². The van der Waals surface area contributed by atoms with Crippen LogP contribution in [0.4, 0.5) is 18.9 Å². The van der Waals surface area contributed by atoms with Crippen LogP contribution in [0.25, 0.3) is 0 Å². The number of piperidine rings is 1. The molecule has 1 aliphatic rings. The van der Waals surface area contributed by atoms with Crippen LogP contribution in [0.2, 0.25) is 0 Å². The molecule has 1 heterocycles. The number of hydrogen-bond acceptors (Lipinski definition) is 3. The van der Waals surface area contributed by atoms with Gasteiger partial charge in [0.25, 0.3) is 0 Å². The topological polar surface area (TPSA) is 78.5 Å². The summed E-state index contributed by atoms with van der Waals surface area (Å²) in [6.45, 7) is 4.15. The number of rotatable bonds is 5. The molecule has 0 bridgehead atoms. The summed E-state index contributed by atoms with van der Waals surface area (Å²) < 4.78 is 39.5. The van der Waals surface area contributed by atoms with Gasteiger partial charge >= 0.3 is 0 Å². The van der Waals surface area contributed by atoms with E-state index in [1.165, 1.54) is 0 Å². The van der Waals surface area contributed by atoms with Gasteiger partial charge in [0.2, 0.25) is 17.7 Å². The lowest BCUT2D eigenvalue weighted by Gasteiger charge is -2.32. The molecule has 1 fully saturated rings. The Bertz CT molecular complexity index is 732. The maximum Gasteiger partial charge on any atom is 0.243 e. The number of nitrogens with zero attached hydrogens (tertiary/aromatic N) is 1. The van der Waals surface area contributed by atoms with Crippen molar-refractivity contribution in [1.29, 1.82) is 0 Å². The fourth-order valence-corrected chi connectivity index (χ4v) is 2.86. The molecule has 6 nitrogen and oxygen atoms in total. The van der Waals surface area contributed by atoms with Crippen LogP contribution < -0.4 is 10.6 Å². The third-order valence-corrected chi connectivity index (χ3v) is 4.40. The number of nitrogens with one attached hydrogen (secondary N) is 2. The second-order valence-corrected chi connectivity index (χ2v) is 6.74. The lowest BCUT2D eigenvalue weighted by Crippen LogP contribution is -2.45. The number of halogens is 3. The Morgan fingerprint density at radius 2 is 1.74 bits per heavy atom. The predicted octanol–water partition coefficient (Wildman–Crippen LogP) is 2.05. The van der Waals surface area contributed by atoms with Crippen molar-refractivity contribution in [3.63, 3.8) is 0 Å². The lowest BCUT2D eigenvalue weighted by atomic mass is 9.95. The third kappa shape index (κ3) is 5.21. The Balaban J connectivity index is 1.80. The van der Waals surface area contributed by atoms with E-state index in [9.17, 15) is 27.6 Å². The monoisotopic (exact) mass is 385 g/mol. The summed E-state index contributed by atoms with van der Waals surface area (Å²) >= 11 is 0. The summed E-state index contributed by atoms with van der Waals surface area (Å²) in [5, 5.41) is 4.52. The van der Waals surface area contributed by atoms with E-state index in [0.717, 1.165) is 6.07 Å². The van der Waals surface area contributed by atoms with Crippen LogP contribution in [0.15, 0.2) is 12.1 Å². The predicted molar refractivity (Wildman–Crippen MR) is 92.1 cm³/mol. The van der Waals surface area contributed by atoms with E-state index in [1.807, 2.05) is 13.8 Å². The first kappa shape index (κ1) is 20.7. The van der Waals surface area contributed by atoms with Gasteiger partial charge in [-0.25, -0.2) is 13.2 Å². The van der Waals surface area contributed by atoms with Gasteiger partial charge in [-0.2, -0.15) is 0 Å². The van der Waals surface area contributed by atoms with Gasteiger partial charge in [-0.3, -0.25) is 14.4 Å². The summed E-state index contributed by atoms with van der Waals surface area (Å²) in [5.41, 5.74) is -0.506. The molecule has 2 N–H and O–H groups in total. The molecule has 27 heavy (non-hydrogen) atoms. The normalized spacial score (nSPS) is 15.0. The van der Waals surface area contributed by atoms with E-state index in [1.54, 1.807) is 4.90 Å². The van der Waals surface area contributed by atoms with Gasteiger partial charge in [0.05, 0.1) is 12.2 Å². The zero-order valence-corrected chi connectivity index (χ0v) is 15.2. The molecular weight excluding hydrogens is 363 g/mol. The average molecular weight is 385 g/mol. The number of benzene rings is 1. The zero-order valence-electron chi connectivity index (χ0n) is 15.2. The summed E-state index contributed by atoms with van der Waals surface area (Å²) in [7, 11) is 0. The first-order valence-electron chi connectivity index (χ1n) is 8.70. The van der Waals surface area contributed by atoms with Crippen molar-refractivity contribution in [3.8, 4) is 0 Å². The molecule has 1 aromatic rings. The lowest BCUT2D eigenvalue weighted by molar-refractivity contribution is -0.138. The molecular formula is C18H22F3N3O3. The van der Waals surface area contributed by atoms with Gasteiger partial charge in [-0.15, -0.1) is 0 Å². The van der Waals surface area contributed by atoms with Gasteiger partial charge in [-0.1, -0.05) is 13.8 Å². The van der Waals surface area contributed by atoms with Crippen molar-refractivity contribution < 1.29 is 27.6 Å².